The van der Waals surface area contributed by atoms with Crippen molar-refractivity contribution in [2.24, 2.45) is 0 Å². The lowest BCUT2D eigenvalue weighted by Crippen LogP contribution is -2.01. The van der Waals surface area contributed by atoms with Gasteiger partial charge in [-0.15, -0.1) is 11.3 Å². The average Bonchev–Trinajstić information content (AvgIpc) is 2.76. The Hall–Kier alpha value is -1.20. The first kappa shape index (κ1) is 15.2. The quantitative estimate of drug-likeness (QED) is 0.838. The molecule has 1 aromatic carbocycles. The van der Waals surface area contributed by atoms with Crippen LogP contribution in [0.15, 0.2) is 22.7 Å². The van der Waals surface area contributed by atoms with Gasteiger partial charge in [0.05, 0.1) is 14.2 Å². The van der Waals surface area contributed by atoms with E-state index < -0.39 is 0 Å². The van der Waals surface area contributed by atoms with Crippen LogP contribution in [0.25, 0.3) is 0 Å². The van der Waals surface area contributed by atoms with Crippen molar-refractivity contribution < 1.29 is 9.47 Å². The van der Waals surface area contributed by atoms with Crippen molar-refractivity contribution in [1.82, 2.24) is 0 Å². The summed E-state index contributed by atoms with van der Waals surface area (Å²) in [5.41, 5.74) is 2.19. The van der Waals surface area contributed by atoms with Crippen LogP contribution < -0.4 is 14.8 Å². The van der Waals surface area contributed by atoms with Gasteiger partial charge >= 0.3 is 0 Å². The molecule has 1 heterocycles. The molecule has 0 aliphatic rings. The molecule has 5 heteroatoms. The molecule has 0 bridgehead atoms. The van der Waals surface area contributed by atoms with E-state index in [-0.39, 0.29) is 0 Å². The molecule has 3 nitrogen and oxygen atoms in total. The van der Waals surface area contributed by atoms with Crippen molar-refractivity contribution in [2.75, 3.05) is 19.5 Å². The third kappa shape index (κ3) is 3.27. The second-order valence-corrected chi connectivity index (χ2v) is 6.69. The maximum atomic E-state index is 5.34. The lowest BCUT2D eigenvalue weighted by atomic mass is 10.1. The highest BCUT2D eigenvalue weighted by Gasteiger charge is 2.09. The van der Waals surface area contributed by atoms with E-state index in [9.17, 15) is 0 Å². The molecule has 0 spiro atoms. The van der Waals surface area contributed by atoms with Crippen molar-refractivity contribution in [2.45, 2.75) is 20.4 Å². The Morgan fingerprint density at radius 1 is 1.10 bits per heavy atom. The zero-order chi connectivity index (χ0) is 14.7. The minimum Gasteiger partial charge on any atom is -0.493 e. The molecule has 0 radical (unpaired) electrons. The zero-order valence-electron chi connectivity index (χ0n) is 12.0. The molecule has 2 aromatic rings. The summed E-state index contributed by atoms with van der Waals surface area (Å²) in [5, 5.41) is 3.45. The minimum absolute atomic E-state index is 0.740. The van der Waals surface area contributed by atoms with Crippen LogP contribution >= 0.6 is 27.3 Å². The van der Waals surface area contributed by atoms with Crippen LogP contribution in [0.4, 0.5) is 5.69 Å². The van der Waals surface area contributed by atoms with Crippen molar-refractivity contribution >= 4 is 33.0 Å². The highest BCUT2D eigenvalue weighted by Crippen LogP contribution is 2.33. The SMILES string of the molecule is COc1cc(C)c(NCc2cc(Br)c(C)s2)cc1OC. The minimum atomic E-state index is 0.740. The Balaban J connectivity index is 2.16. The van der Waals surface area contributed by atoms with Crippen LogP contribution in [0.3, 0.4) is 0 Å². The van der Waals surface area contributed by atoms with Crippen LogP contribution in [0.5, 0.6) is 11.5 Å². The number of hydrogen-bond acceptors (Lipinski definition) is 4. The third-order valence-corrected chi connectivity index (χ3v) is 5.23. The zero-order valence-corrected chi connectivity index (χ0v) is 14.4. The third-order valence-electron chi connectivity index (χ3n) is 3.09. The van der Waals surface area contributed by atoms with E-state index in [1.54, 1.807) is 25.6 Å². The second kappa shape index (κ2) is 6.50. The largest absolute Gasteiger partial charge is 0.493 e. The first-order valence-electron chi connectivity index (χ1n) is 6.26. The Morgan fingerprint density at radius 3 is 2.30 bits per heavy atom. The molecule has 20 heavy (non-hydrogen) atoms. The highest BCUT2D eigenvalue weighted by atomic mass is 79.9. The van der Waals surface area contributed by atoms with Gasteiger partial charge in [-0.1, -0.05) is 0 Å². The number of rotatable bonds is 5. The summed E-state index contributed by atoms with van der Waals surface area (Å²) in [4.78, 5) is 2.59. The van der Waals surface area contributed by atoms with E-state index in [2.05, 4.69) is 41.2 Å². The van der Waals surface area contributed by atoms with E-state index in [1.165, 1.54) is 14.2 Å². The first-order valence-corrected chi connectivity index (χ1v) is 7.87. The van der Waals surface area contributed by atoms with Crippen LogP contribution in [-0.4, -0.2) is 14.2 Å². The summed E-state index contributed by atoms with van der Waals surface area (Å²) < 4.78 is 11.8. The Morgan fingerprint density at radius 2 is 1.75 bits per heavy atom. The van der Waals surface area contributed by atoms with Crippen molar-refractivity contribution in [3.8, 4) is 11.5 Å². The van der Waals surface area contributed by atoms with Crippen molar-refractivity contribution in [3.05, 3.63) is 38.0 Å². The lowest BCUT2D eigenvalue weighted by Gasteiger charge is -2.13. The van der Waals surface area contributed by atoms with Crippen molar-refractivity contribution in [3.63, 3.8) is 0 Å². The van der Waals surface area contributed by atoms with E-state index >= 15 is 0 Å². The summed E-state index contributed by atoms with van der Waals surface area (Å²) in [6, 6.07) is 6.11. The van der Waals surface area contributed by atoms with Gasteiger partial charge in [0.15, 0.2) is 11.5 Å². The average molecular weight is 356 g/mol. The molecule has 0 atom stereocenters. The number of thiophene rings is 1. The topological polar surface area (TPSA) is 30.5 Å². The van der Waals surface area contributed by atoms with Gasteiger partial charge in [0, 0.05) is 32.5 Å². The summed E-state index contributed by atoms with van der Waals surface area (Å²) in [6.45, 7) is 4.97. The van der Waals surface area contributed by atoms with Gasteiger partial charge in [0.25, 0.3) is 0 Å². The van der Waals surface area contributed by atoms with Gasteiger partial charge in [-0.25, -0.2) is 0 Å². The lowest BCUT2D eigenvalue weighted by molar-refractivity contribution is 0.355. The standard InChI is InChI=1S/C15H18BrNO2S/c1-9-5-14(18-3)15(19-4)7-13(9)17-8-11-6-12(16)10(2)20-11/h5-7,17H,8H2,1-4H3. The number of halogens is 1. The van der Waals surface area contributed by atoms with Gasteiger partial charge in [-0.3, -0.25) is 0 Å². The second-order valence-electron chi connectivity index (χ2n) is 4.49. The van der Waals surface area contributed by atoms with E-state index in [0.29, 0.717) is 0 Å². The van der Waals surface area contributed by atoms with Crippen LogP contribution in [-0.2, 0) is 6.54 Å². The van der Waals surface area contributed by atoms with Crippen LogP contribution in [0, 0.1) is 13.8 Å². The maximum Gasteiger partial charge on any atom is 0.162 e. The predicted molar refractivity (Wildman–Crippen MR) is 88.4 cm³/mol. The number of hydrogen-bond donors (Lipinski definition) is 1. The first-order chi connectivity index (χ1) is 9.55. The van der Waals surface area contributed by atoms with E-state index in [1.807, 2.05) is 12.1 Å². The fourth-order valence-electron chi connectivity index (χ4n) is 1.96. The van der Waals surface area contributed by atoms with Crippen molar-refractivity contribution in [1.29, 1.82) is 0 Å². The molecule has 108 valence electrons. The van der Waals surface area contributed by atoms with Gasteiger partial charge < -0.3 is 14.8 Å². The molecule has 0 aliphatic heterocycles. The van der Waals surface area contributed by atoms with E-state index in [4.69, 9.17) is 9.47 Å². The summed E-state index contributed by atoms with van der Waals surface area (Å²) in [7, 11) is 3.30. The van der Waals surface area contributed by atoms with E-state index in [0.717, 1.165) is 29.3 Å². The van der Waals surface area contributed by atoms with Gasteiger partial charge in [-0.05, 0) is 47.5 Å². The molecular weight excluding hydrogens is 338 g/mol. The predicted octanol–water partition coefficient (Wildman–Crippen LogP) is 4.76. The number of ether oxygens (including phenoxy) is 2. The molecule has 0 amide bonds. The monoisotopic (exact) mass is 355 g/mol. The Labute approximate surface area is 132 Å². The normalized spacial score (nSPS) is 10.4. The Bertz CT molecular complexity index is 591. The molecule has 0 saturated heterocycles. The molecule has 0 unspecified atom stereocenters. The molecule has 1 N–H and O–H groups in total. The Kier molecular flexibility index (Phi) is 4.94. The maximum absolute atomic E-state index is 5.34. The number of nitrogens with one attached hydrogen (secondary N) is 1. The number of benzene rings is 1. The molecule has 1 aromatic heterocycles. The molecule has 0 aliphatic carbocycles. The summed E-state index contributed by atoms with van der Waals surface area (Å²) >= 11 is 5.34. The fourth-order valence-corrected chi connectivity index (χ4v) is 3.50. The van der Waals surface area contributed by atoms with Gasteiger partial charge in [0.1, 0.15) is 0 Å². The number of methoxy groups -OCH3 is 2. The van der Waals surface area contributed by atoms with Gasteiger partial charge in [0.2, 0.25) is 0 Å². The summed E-state index contributed by atoms with van der Waals surface area (Å²) in [5.74, 6) is 1.49. The van der Waals surface area contributed by atoms with Crippen LogP contribution in [0.1, 0.15) is 15.3 Å². The highest BCUT2D eigenvalue weighted by molar-refractivity contribution is 9.10. The number of anilines is 1. The fraction of sp³-hybridized carbons (Fsp3) is 0.333. The summed E-state index contributed by atoms with van der Waals surface area (Å²) in [6.07, 6.45) is 0. The molecule has 0 saturated carbocycles. The molecule has 0 fully saturated rings. The number of aryl methyl sites for hydroxylation is 2. The smallest absolute Gasteiger partial charge is 0.162 e. The van der Waals surface area contributed by atoms with Crippen LogP contribution in [0.2, 0.25) is 0 Å². The molecule has 2 rings (SSSR count). The molecular formula is C15H18BrNO2S. The van der Waals surface area contributed by atoms with Gasteiger partial charge in [-0.2, -0.15) is 0 Å².